The van der Waals surface area contributed by atoms with Gasteiger partial charge in [0.05, 0.1) is 31.3 Å². The number of methoxy groups -OCH3 is 2. The van der Waals surface area contributed by atoms with E-state index in [4.69, 9.17) is 9.47 Å². The van der Waals surface area contributed by atoms with Gasteiger partial charge in [-0.05, 0) is 54.8 Å². The highest BCUT2D eigenvalue weighted by atomic mass is 16.5. The monoisotopic (exact) mass is 442 g/mol. The number of benzene rings is 3. The van der Waals surface area contributed by atoms with Crippen molar-refractivity contribution in [1.29, 1.82) is 0 Å². The van der Waals surface area contributed by atoms with E-state index in [0.29, 0.717) is 28.8 Å². The fourth-order valence-electron chi connectivity index (χ4n) is 4.95. The summed E-state index contributed by atoms with van der Waals surface area (Å²) in [6, 6.07) is 20.8. The minimum absolute atomic E-state index is 0.00530. The second-order valence-corrected chi connectivity index (χ2v) is 8.31. The fraction of sp³-hybridized carbons (Fsp3) is 0.259. The number of hydrogen-bond donors (Lipinski definition) is 0. The van der Waals surface area contributed by atoms with Crippen LogP contribution in [-0.4, -0.2) is 36.1 Å². The van der Waals surface area contributed by atoms with E-state index in [1.165, 1.54) is 0 Å². The van der Waals surface area contributed by atoms with E-state index < -0.39 is 0 Å². The lowest BCUT2D eigenvalue weighted by molar-refractivity contribution is -0.132. The average Bonchev–Trinajstić information content (AvgIpc) is 3.36. The van der Waals surface area contributed by atoms with Gasteiger partial charge in [-0.15, -0.1) is 0 Å². The third-order valence-corrected chi connectivity index (χ3v) is 6.54. The molecule has 0 bridgehead atoms. The molecule has 0 radical (unpaired) electrons. The summed E-state index contributed by atoms with van der Waals surface area (Å²) in [6.07, 6.45) is 1.84. The number of amides is 1. The van der Waals surface area contributed by atoms with Crippen LogP contribution in [0.5, 0.6) is 11.5 Å². The van der Waals surface area contributed by atoms with Gasteiger partial charge in [0.2, 0.25) is 5.91 Å². The molecule has 0 saturated carbocycles. The van der Waals surface area contributed by atoms with Gasteiger partial charge in [-0.2, -0.15) is 0 Å². The Morgan fingerprint density at radius 1 is 0.909 bits per heavy atom. The summed E-state index contributed by atoms with van der Waals surface area (Å²) < 4.78 is 12.8. The molecule has 4 aromatic rings. The maximum atomic E-state index is 13.6. The first-order valence-electron chi connectivity index (χ1n) is 11.1. The molecule has 3 aromatic carbocycles. The van der Waals surface area contributed by atoms with E-state index in [9.17, 15) is 9.59 Å². The van der Waals surface area contributed by atoms with E-state index in [0.717, 1.165) is 29.4 Å². The van der Waals surface area contributed by atoms with Crippen molar-refractivity contribution in [2.75, 3.05) is 20.8 Å². The number of nitrogens with zero attached hydrogens (tertiary/aromatic N) is 2. The van der Waals surface area contributed by atoms with Crippen molar-refractivity contribution in [1.82, 2.24) is 9.47 Å². The molecule has 1 atom stereocenters. The Kier molecular flexibility index (Phi) is 5.50. The summed E-state index contributed by atoms with van der Waals surface area (Å²) in [5, 5.41) is 1.25. The van der Waals surface area contributed by atoms with Gasteiger partial charge in [0.1, 0.15) is 6.54 Å². The van der Waals surface area contributed by atoms with Gasteiger partial charge in [-0.25, -0.2) is 0 Å². The molecule has 0 N–H and O–H groups in total. The first-order chi connectivity index (χ1) is 16.1. The normalized spacial score (nSPS) is 15.8. The number of hydrogen-bond acceptors (Lipinski definition) is 4. The van der Waals surface area contributed by atoms with Crippen LogP contribution in [0.2, 0.25) is 0 Å². The van der Waals surface area contributed by atoms with Crippen molar-refractivity contribution in [2.45, 2.75) is 25.4 Å². The molecule has 1 amide bonds. The third kappa shape index (κ3) is 3.61. The first kappa shape index (κ1) is 21.1. The van der Waals surface area contributed by atoms with Crippen molar-refractivity contribution >= 4 is 27.7 Å². The van der Waals surface area contributed by atoms with Gasteiger partial charge in [0.15, 0.2) is 16.9 Å². The summed E-state index contributed by atoms with van der Waals surface area (Å²) in [4.78, 5) is 28.6. The zero-order valence-electron chi connectivity index (χ0n) is 18.8. The first-order valence-corrected chi connectivity index (χ1v) is 11.1. The van der Waals surface area contributed by atoms with Gasteiger partial charge >= 0.3 is 0 Å². The Balaban J connectivity index is 1.53. The second kappa shape index (κ2) is 8.62. The number of rotatable bonds is 5. The summed E-state index contributed by atoms with van der Waals surface area (Å²) in [5.41, 5.74) is 2.58. The number of ether oxygens (including phenoxy) is 2. The van der Waals surface area contributed by atoms with Crippen molar-refractivity contribution in [3.8, 4) is 11.5 Å². The van der Waals surface area contributed by atoms with E-state index in [1.54, 1.807) is 14.2 Å². The molecule has 1 fully saturated rings. The maximum absolute atomic E-state index is 13.6. The summed E-state index contributed by atoms with van der Waals surface area (Å²) in [7, 11) is 3.23. The van der Waals surface area contributed by atoms with E-state index in [2.05, 4.69) is 0 Å². The highest BCUT2D eigenvalue weighted by Gasteiger charge is 2.31. The SMILES string of the molecule is COc1ccc([C@@H]2CCCN2C(=O)Cn2c3ccccc3c(=O)c3ccccc32)cc1OC. The van der Waals surface area contributed by atoms with Gasteiger partial charge < -0.3 is 18.9 Å². The van der Waals surface area contributed by atoms with Crippen molar-refractivity contribution in [3.63, 3.8) is 0 Å². The van der Waals surface area contributed by atoms with Crippen LogP contribution >= 0.6 is 0 Å². The molecule has 1 aliphatic rings. The minimum Gasteiger partial charge on any atom is -0.493 e. The van der Waals surface area contributed by atoms with E-state index in [-0.39, 0.29) is 23.9 Å². The minimum atomic E-state index is -0.0192. The molecule has 6 nitrogen and oxygen atoms in total. The number of pyridine rings is 1. The average molecular weight is 443 g/mol. The van der Waals surface area contributed by atoms with Crippen LogP contribution in [0.3, 0.4) is 0 Å². The lowest BCUT2D eigenvalue weighted by atomic mass is 10.0. The van der Waals surface area contributed by atoms with Crippen molar-refractivity contribution < 1.29 is 14.3 Å². The zero-order valence-corrected chi connectivity index (χ0v) is 18.8. The predicted molar refractivity (Wildman–Crippen MR) is 129 cm³/mol. The Bertz CT molecular complexity index is 1350. The van der Waals surface area contributed by atoms with Crippen molar-refractivity contribution in [3.05, 3.63) is 82.5 Å². The zero-order chi connectivity index (χ0) is 22.9. The largest absolute Gasteiger partial charge is 0.493 e. The van der Waals surface area contributed by atoms with Gasteiger partial charge in [-0.1, -0.05) is 30.3 Å². The van der Waals surface area contributed by atoms with Crippen LogP contribution in [0, 0.1) is 0 Å². The molecule has 0 aliphatic carbocycles. The Hall–Kier alpha value is -3.80. The highest BCUT2D eigenvalue weighted by molar-refractivity contribution is 5.95. The lowest BCUT2D eigenvalue weighted by Gasteiger charge is -2.27. The quantitative estimate of drug-likeness (QED) is 0.426. The summed E-state index contributed by atoms with van der Waals surface area (Å²) >= 11 is 0. The summed E-state index contributed by atoms with van der Waals surface area (Å²) in [5.74, 6) is 1.36. The van der Waals surface area contributed by atoms with Gasteiger partial charge in [0, 0.05) is 17.3 Å². The van der Waals surface area contributed by atoms with Crippen LogP contribution < -0.4 is 14.9 Å². The molecule has 2 heterocycles. The molecule has 6 heteroatoms. The maximum Gasteiger partial charge on any atom is 0.243 e. The highest BCUT2D eigenvalue weighted by Crippen LogP contribution is 2.37. The molecule has 5 rings (SSSR count). The molecule has 1 saturated heterocycles. The van der Waals surface area contributed by atoms with Gasteiger partial charge in [-0.3, -0.25) is 9.59 Å². The number of likely N-dealkylation sites (tertiary alicyclic amines) is 1. The molecule has 33 heavy (non-hydrogen) atoms. The summed E-state index contributed by atoms with van der Waals surface area (Å²) in [6.45, 7) is 0.874. The molecule has 1 aromatic heterocycles. The molecule has 0 unspecified atom stereocenters. The Morgan fingerprint density at radius 2 is 1.55 bits per heavy atom. The number of carbonyl (C=O) groups is 1. The smallest absolute Gasteiger partial charge is 0.243 e. The van der Waals surface area contributed by atoms with E-state index >= 15 is 0 Å². The lowest BCUT2D eigenvalue weighted by Crippen LogP contribution is -2.34. The van der Waals surface area contributed by atoms with Crippen LogP contribution in [-0.2, 0) is 11.3 Å². The van der Waals surface area contributed by atoms with Crippen LogP contribution in [0.25, 0.3) is 21.8 Å². The molecular formula is C27H26N2O4. The Morgan fingerprint density at radius 3 is 2.18 bits per heavy atom. The second-order valence-electron chi connectivity index (χ2n) is 8.31. The van der Waals surface area contributed by atoms with Crippen LogP contribution in [0.15, 0.2) is 71.5 Å². The fourth-order valence-corrected chi connectivity index (χ4v) is 4.95. The van der Waals surface area contributed by atoms with E-state index in [1.807, 2.05) is 76.2 Å². The Labute approximate surface area is 192 Å². The molecule has 1 aliphatic heterocycles. The predicted octanol–water partition coefficient (Wildman–Crippen LogP) is 4.54. The molecule has 0 spiro atoms. The molecule has 168 valence electrons. The van der Waals surface area contributed by atoms with Crippen LogP contribution in [0.1, 0.15) is 24.4 Å². The molecular weight excluding hydrogens is 416 g/mol. The van der Waals surface area contributed by atoms with Gasteiger partial charge in [0.25, 0.3) is 0 Å². The standard InChI is InChI=1S/C27H26N2O4/c1-32-24-14-13-18(16-25(24)33-2)21-12-7-15-28(21)26(30)17-29-22-10-5-3-8-19(22)27(31)20-9-4-6-11-23(20)29/h3-6,8-11,13-14,16,21H,7,12,15,17H2,1-2H3/t21-/m0/s1. The number of carbonyl (C=O) groups excluding carboxylic acids is 1. The van der Waals surface area contributed by atoms with Crippen molar-refractivity contribution in [2.24, 2.45) is 0 Å². The number of fused-ring (bicyclic) bond motifs is 2. The number of para-hydroxylation sites is 2. The third-order valence-electron chi connectivity index (χ3n) is 6.54. The number of aromatic nitrogens is 1. The topological polar surface area (TPSA) is 60.8 Å². The van der Waals surface area contributed by atoms with Crippen LogP contribution in [0.4, 0.5) is 0 Å².